The summed E-state index contributed by atoms with van der Waals surface area (Å²) in [5, 5.41) is 0. The van der Waals surface area contributed by atoms with E-state index in [9.17, 15) is 26.3 Å². The smallest absolute Gasteiger partial charge is 0.405 e. The SMILES string of the molecule is FC(F)(F)Oc1cc(C(F)(F)F)nc(CCl)c1I. The fourth-order valence-corrected chi connectivity index (χ4v) is 1.99. The zero-order valence-electron chi connectivity index (χ0n) is 8.16. The van der Waals surface area contributed by atoms with E-state index in [-0.39, 0.29) is 15.3 Å². The molecule has 0 bridgehead atoms. The van der Waals surface area contributed by atoms with Gasteiger partial charge in [0.2, 0.25) is 0 Å². The van der Waals surface area contributed by atoms with E-state index in [1.165, 1.54) is 22.6 Å². The minimum atomic E-state index is -5.09. The van der Waals surface area contributed by atoms with Crippen LogP contribution in [0.2, 0.25) is 0 Å². The van der Waals surface area contributed by atoms with E-state index < -0.39 is 29.9 Å². The van der Waals surface area contributed by atoms with E-state index in [1.807, 2.05) is 0 Å². The molecule has 1 heterocycles. The number of hydrogen-bond donors (Lipinski definition) is 0. The maximum Gasteiger partial charge on any atom is 0.573 e. The highest BCUT2D eigenvalue weighted by atomic mass is 127. The molecule has 0 unspecified atom stereocenters. The maximum atomic E-state index is 12.4. The van der Waals surface area contributed by atoms with Crippen LogP contribution >= 0.6 is 34.2 Å². The molecule has 0 aromatic carbocycles. The van der Waals surface area contributed by atoms with Gasteiger partial charge in [0.15, 0.2) is 0 Å². The number of rotatable bonds is 2. The zero-order valence-corrected chi connectivity index (χ0v) is 11.1. The summed E-state index contributed by atoms with van der Waals surface area (Å²) in [5.74, 6) is -1.43. The number of hydrogen-bond acceptors (Lipinski definition) is 2. The van der Waals surface area contributed by atoms with E-state index in [2.05, 4.69) is 9.72 Å². The first-order chi connectivity index (χ1) is 8.04. The van der Waals surface area contributed by atoms with Crippen molar-refractivity contribution in [2.45, 2.75) is 18.4 Å². The van der Waals surface area contributed by atoms with Gasteiger partial charge in [-0.2, -0.15) is 13.2 Å². The van der Waals surface area contributed by atoms with Gasteiger partial charge in [0.05, 0.1) is 15.1 Å². The third kappa shape index (κ3) is 4.04. The van der Waals surface area contributed by atoms with Crippen molar-refractivity contribution in [3.63, 3.8) is 0 Å². The Labute approximate surface area is 115 Å². The Kier molecular flexibility index (Phi) is 4.57. The Bertz CT molecular complexity index is 446. The first-order valence-electron chi connectivity index (χ1n) is 4.13. The minimum Gasteiger partial charge on any atom is -0.405 e. The van der Waals surface area contributed by atoms with Crippen LogP contribution in [0.25, 0.3) is 0 Å². The first kappa shape index (κ1) is 15.6. The summed E-state index contributed by atoms with van der Waals surface area (Å²) in [6, 6.07) is 0.186. The normalized spacial score (nSPS) is 12.7. The monoisotopic (exact) mass is 405 g/mol. The Hall–Kier alpha value is -0.450. The Morgan fingerprint density at radius 3 is 2.17 bits per heavy atom. The van der Waals surface area contributed by atoms with E-state index in [0.717, 1.165) is 0 Å². The summed E-state index contributed by atoms with van der Waals surface area (Å²) in [4.78, 5) is 3.14. The Morgan fingerprint density at radius 2 is 1.78 bits per heavy atom. The molecule has 0 amide bonds. The molecule has 0 N–H and O–H groups in total. The van der Waals surface area contributed by atoms with Gasteiger partial charge in [-0.25, -0.2) is 4.98 Å². The molecule has 1 aromatic heterocycles. The largest absolute Gasteiger partial charge is 0.573 e. The van der Waals surface area contributed by atoms with Gasteiger partial charge in [-0.3, -0.25) is 0 Å². The molecule has 0 atom stereocenters. The highest BCUT2D eigenvalue weighted by Crippen LogP contribution is 2.36. The quantitative estimate of drug-likeness (QED) is 0.415. The van der Waals surface area contributed by atoms with Crippen LogP contribution in [0.4, 0.5) is 26.3 Å². The lowest BCUT2D eigenvalue weighted by atomic mass is 10.3. The molecule has 1 aromatic rings. The van der Waals surface area contributed by atoms with Gasteiger partial charge < -0.3 is 4.74 Å². The van der Waals surface area contributed by atoms with Crippen molar-refractivity contribution in [1.82, 2.24) is 4.98 Å². The fraction of sp³-hybridized carbons (Fsp3) is 0.375. The van der Waals surface area contributed by atoms with Crippen molar-refractivity contribution in [2.75, 3.05) is 0 Å². The van der Waals surface area contributed by atoms with Crippen molar-refractivity contribution in [2.24, 2.45) is 0 Å². The molecule has 0 aliphatic carbocycles. The highest BCUT2D eigenvalue weighted by molar-refractivity contribution is 14.1. The van der Waals surface area contributed by atoms with E-state index >= 15 is 0 Å². The summed E-state index contributed by atoms with van der Waals surface area (Å²) in [5.41, 5.74) is -1.82. The number of halogens is 8. The lowest BCUT2D eigenvalue weighted by molar-refractivity contribution is -0.275. The van der Waals surface area contributed by atoms with Gasteiger partial charge in [-0.05, 0) is 22.6 Å². The van der Waals surface area contributed by atoms with Gasteiger partial charge in [0.1, 0.15) is 11.4 Å². The molecule has 0 radical (unpaired) electrons. The first-order valence-corrected chi connectivity index (χ1v) is 5.74. The van der Waals surface area contributed by atoms with Gasteiger partial charge in [0.25, 0.3) is 0 Å². The Balaban J connectivity index is 3.32. The molecule has 10 heteroatoms. The second-order valence-corrected chi connectivity index (χ2v) is 4.29. The van der Waals surface area contributed by atoms with Crippen LogP contribution in [-0.4, -0.2) is 11.3 Å². The van der Waals surface area contributed by atoms with Gasteiger partial charge in [-0.1, -0.05) is 0 Å². The highest BCUT2D eigenvalue weighted by Gasteiger charge is 2.37. The molecule has 1 rings (SSSR count). The van der Waals surface area contributed by atoms with Crippen LogP contribution in [0.3, 0.4) is 0 Å². The van der Waals surface area contributed by atoms with Crippen molar-refractivity contribution in [1.29, 1.82) is 0 Å². The summed E-state index contributed by atoms with van der Waals surface area (Å²) >= 11 is 6.71. The number of aromatic nitrogens is 1. The van der Waals surface area contributed by atoms with Crippen molar-refractivity contribution in [3.05, 3.63) is 21.0 Å². The number of alkyl halides is 7. The molecular weight excluding hydrogens is 402 g/mol. The van der Waals surface area contributed by atoms with Crippen LogP contribution in [0.5, 0.6) is 5.75 Å². The van der Waals surface area contributed by atoms with Crippen LogP contribution in [-0.2, 0) is 12.1 Å². The lowest BCUT2D eigenvalue weighted by Crippen LogP contribution is -2.20. The second kappa shape index (κ2) is 5.27. The number of ether oxygens (including phenoxy) is 1. The summed E-state index contributed by atoms with van der Waals surface area (Å²) in [6.07, 6.45) is -9.97. The maximum absolute atomic E-state index is 12.4. The molecule has 2 nitrogen and oxygen atoms in total. The molecule has 0 aliphatic heterocycles. The molecule has 0 spiro atoms. The third-order valence-corrected chi connectivity index (χ3v) is 3.04. The molecule has 0 saturated carbocycles. The van der Waals surface area contributed by atoms with E-state index in [1.54, 1.807) is 0 Å². The van der Waals surface area contributed by atoms with Crippen molar-refractivity contribution < 1.29 is 31.1 Å². The molecule has 0 aliphatic rings. The molecule has 18 heavy (non-hydrogen) atoms. The average molecular weight is 405 g/mol. The standard InChI is InChI=1S/C8H3ClF6INO/c9-2-3-6(16)4(18-8(13,14)15)1-5(17-3)7(10,11)12/h1H,2H2. The topological polar surface area (TPSA) is 22.1 Å². The number of pyridine rings is 1. The summed E-state index contributed by atoms with van der Waals surface area (Å²) in [7, 11) is 0. The minimum absolute atomic E-state index is 0.186. The molecule has 102 valence electrons. The van der Waals surface area contributed by atoms with Gasteiger partial charge in [-0.15, -0.1) is 24.8 Å². The van der Waals surface area contributed by atoms with Crippen LogP contribution in [0, 0.1) is 3.57 Å². The second-order valence-electron chi connectivity index (χ2n) is 2.95. The lowest BCUT2D eigenvalue weighted by Gasteiger charge is -2.15. The average Bonchev–Trinajstić information content (AvgIpc) is 2.17. The zero-order chi connectivity index (χ0) is 14.1. The Morgan fingerprint density at radius 1 is 1.22 bits per heavy atom. The van der Waals surface area contributed by atoms with Crippen LogP contribution < -0.4 is 4.74 Å². The van der Waals surface area contributed by atoms with Crippen molar-refractivity contribution >= 4 is 34.2 Å². The van der Waals surface area contributed by atoms with E-state index in [0.29, 0.717) is 0 Å². The van der Waals surface area contributed by atoms with Gasteiger partial charge in [0, 0.05) is 6.07 Å². The van der Waals surface area contributed by atoms with E-state index in [4.69, 9.17) is 11.6 Å². The van der Waals surface area contributed by atoms with Crippen LogP contribution in [0.15, 0.2) is 6.07 Å². The van der Waals surface area contributed by atoms with Gasteiger partial charge >= 0.3 is 12.5 Å². The molecule has 0 fully saturated rings. The summed E-state index contributed by atoms with van der Waals surface area (Å²) < 4.78 is 76.6. The molecule has 0 saturated heterocycles. The van der Waals surface area contributed by atoms with Crippen molar-refractivity contribution in [3.8, 4) is 5.75 Å². The fourth-order valence-electron chi connectivity index (χ4n) is 0.989. The molecular formula is C8H3ClF6INO. The third-order valence-electron chi connectivity index (χ3n) is 1.64. The predicted octanol–water partition coefficient (Wildman–Crippen LogP) is 4.34. The van der Waals surface area contributed by atoms with Crippen LogP contribution in [0.1, 0.15) is 11.4 Å². The number of nitrogens with zero attached hydrogens (tertiary/aromatic N) is 1. The summed E-state index contributed by atoms with van der Waals surface area (Å²) in [6.45, 7) is 0. The predicted molar refractivity (Wildman–Crippen MR) is 58.2 cm³/mol.